The van der Waals surface area contributed by atoms with Gasteiger partial charge in [-0.15, -0.1) is 11.3 Å². The fourth-order valence-electron chi connectivity index (χ4n) is 3.38. The first kappa shape index (κ1) is 15.3. The van der Waals surface area contributed by atoms with Crippen molar-refractivity contribution in [3.63, 3.8) is 0 Å². The molecular formula is C18H15N5O2S. The number of thiazole rings is 1. The molecule has 7 nitrogen and oxygen atoms in total. The maximum atomic E-state index is 13.0. The summed E-state index contributed by atoms with van der Waals surface area (Å²) in [5.74, 6) is 0.0301. The summed E-state index contributed by atoms with van der Waals surface area (Å²) >= 11 is 1.60. The Morgan fingerprint density at radius 1 is 1.42 bits per heavy atom. The molecule has 0 radical (unpaired) electrons. The average molecular weight is 365 g/mol. The number of hydrogen-bond acceptors (Lipinski definition) is 6. The highest BCUT2D eigenvalue weighted by Crippen LogP contribution is 2.38. The van der Waals surface area contributed by atoms with Crippen LogP contribution in [0.1, 0.15) is 38.6 Å². The van der Waals surface area contributed by atoms with Gasteiger partial charge in [0.25, 0.3) is 5.91 Å². The van der Waals surface area contributed by atoms with Crippen molar-refractivity contribution in [1.82, 2.24) is 24.8 Å². The van der Waals surface area contributed by atoms with Crippen LogP contribution in [-0.4, -0.2) is 37.3 Å². The van der Waals surface area contributed by atoms with E-state index in [2.05, 4.69) is 27.9 Å². The van der Waals surface area contributed by atoms with Gasteiger partial charge in [-0.3, -0.25) is 4.79 Å². The fraction of sp³-hybridized carbons (Fsp3) is 0.222. The van der Waals surface area contributed by atoms with Gasteiger partial charge in [0.05, 0.1) is 28.4 Å². The van der Waals surface area contributed by atoms with Crippen LogP contribution in [0.2, 0.25) is 0 Å². The maximum absolute atomic E-state index is 13.0. The molecule has 0 fully saturated rings. The molecule has 4 heterocycles. The van der Waals surface area contributed by atoms with Crippen molar-refractivity contribution in [2.75, 3.05) is 6.54 Å². The smallest absolute Gasteiger partial charge is 0.292 e. The second-order valence-electron chi connectivity index (χ2n) is 6.31. The minimum absolute atomic E-state index is 0.198. The molecule has 4 aromatic rings. The lowest BCUT2D eigenvalue weighted by Crippen LogP contribution is -2.40. The van der Waals surface area contributed by atoms with Crippen molar-refractivity contribution in [3.05, 3.63) is 64.8 Å². The number of H-pyrrole nitrogens is 1. The predicted octanol–water partition coefficient (Wildman–Crippen LogP) is 3.10. The fourth-order valence-corrected chi connectivity index (χ4v) is 4.56. The molecule has 1 N–H and O–H groups in total. The lowest BCUT2D eigenvalue weighted by molar-refractivity contribution is 0.0658. The van der Waals surface area contributed by atoms with Crippen molar-refractivity contribution in [1.29, 1.82) is 0 Å². The molecule has 0 aliphatic carbocycles. The highest BCUT2D eigenvalue weighted by atomic mass is 32.1. The van der Waals surface area contributed by atoms with E-state index in [9.17, 15) is 4.79 Å². The Morgan fingerprint density at radius 2 is 2.35 bits per heavy atom. The zero-order chi connectivity index (χ0) is 17.7. The number of hydrogen-bond donors (Lipinski definition) is 1. The zero-order valence-electron chi connectivity index (χ0n) is 14.0. The van der Waals surface area contributed by atoms with Crippen molar-refractivity contribution >= 4 is 27.5 Å². The number of oxazole rings is 1. The van der Waals surface area contributed by atoms with E-state index in [4.69, 9.17) is 9.40 Å². The van der Waals surface area contributed by atoms with Crippen molar-refractivity contribution in [3.8, 4) is 0 Å². The van der Waals surface area contributed by atoms with Crippen molar-refractivity contribution in [2.24, 2.45) is 0 Å². The first-order valence-corrected chi connectivity index (χ1v) is 9.11. The molecule has 0 saturated carbocycles. The Bertz CT molecular complexity index is 1100. The van der Waals surface area contributed by atoms with Crippen molar-refractivity contribution < 1.29 is 9.21 Å². The number of nitrogens with zero attached hydrogens (tertiary/aromatic N) is 4. The standard InChI is InChI=1S/C18H15N5O2S/c1-10-2-3-11-14(6-10)26-17(22-11)16-15-12(20-8-21-15)4-5-23(16)18(24)13-7-19-9-25-13/h2-3,6-9,16H,4-5H2,1H3,(H,20,21)/t16-/m0/s1. The van der Waals surface area contributed by atoms with Gasteiger partial charge >= 0.3 is 0 Å². The van der Waals surface area contributed by atoms with Gasteiger partial charge in [0.15, 0.2) is 6.39 Å². The summed E-state index contributed by atoms with van der Waals surface area (Å²) in [6.45, 7) is 2.62. The first-order valence-electron chi connectivity index (χ1n) is 8.29. The molecule has 5 rings (SSSR count). The topological polar surface area (TPSA) is 87.9 Å². The number of aromatic nitrogens is 4. The summed E-state index contributed by atoms with van der Waals surface area (Å²) in [4.78, 5) is 31.1. The van der Waals surface area contributed by atoms with Crippen LogP contribution in [0.15, 0.2) is 41.5 Å². The van der Waals surface area contributed by atoms with Crippen LogP contribution in [0, 0.1) is 6.92 Å². The molecule has 1 amide bonds. The zero-order valence-corrected chi connectivity index (χ0v) is 14.8. The molecule has 130 valence electrons. The van der Waals surface area contributed by atoms with E-state index < -0.39 is 0 Å². The predicted molar refractivity (Wildman–Crippen MR) is 96.0 cm³/mol. The molecule has 26 heavy (non-hydrogen) atoms. The Balaban J connectivity index is 1.64. The number of imidazole rings is 1. The van der Waals surface area contributed by atoms with Gasteiger partial charge in [0, 0.05) is 18.7 Å². The Kier molecular flexibility index (Phi) is 3.39. The third-order valence-electron chi connectivity index (χ3n) is 4.62. The quantitative estimate of drug-likeness (QED) is 0.590. The molecule has 0 spiro atoms. The lowest BCUT2D eigenvalue weighted by Gasteiger charge is -2.33. The summed E-state index contributed by atoms with van der Waals surface area (Å²) in [7, 11) is 0. The van der Waals surface area contributed by atoms with Gasteiger partial charge in [0.1, 0.15) is 11.0 Å². The Morgan fingerprint density at radius 3 is 3.19 bits per heavy atom. The highest BCUT2D eigenvalue weighted by molar-refractivity contribution is 7.18. The summed E-state index contributed by atoms with van der Waals surface area (Å²) in [6, 6.07) is 5.85. The molecule has 0 saturated heterocycles. The van der Waals surface area contributed by atoms with Gasteiger partial charge in [0.2, 0.25) is 5.76 Å². The third-order valence-corrected chi connectivity index (χ3v) is 5.69. The lowest BCUT2D eigenvalue weighted by atomic mass is 10.0. The monoisotopic (exact) mass is 365 g/mol. The maximum Gasteiger partial charge on any atom is 0.292 e. The van der Waals surface area contributed by atoms with Crippen LogP contribution >= 0.6 is 11.3 Å². The number of carbonyl (C=O) groups is 1. The summed E-state index contributed by atoms with van der Waals surface area (Å²) in [6.07, 6.45) is 5.11. The van der Waals surface area contributed by atoms with Crippen molar-refractivity contribution in [2.45, 2.75) is 19.4 Å². The van der Waals surface area contributed by atoms with Crippen LogP contribution in [0.3, 0.4) is 0 Å². The van der Waals surface area contributed by atoms with Gasteiger partial charge < -0.3 is 14.3 Å². The Labute approximate surface area is 152 Å². The number of aromatic amines is 1. The van der Waals surface area contributed by atoms with E-state index in [1.807, 2.05) is 12.1 Å². The van der Waals surface area contributed by atoms with E-state index in [1.165, 1.54) is 18.2 Å². The van der Waals surface area contributed by atoms with Gasteiger partial charge in [-0.25, -0.2) is 15.0 Å². The minimum atomic E-state index is -0.333. The van der Waals surface area contributed by atoms with Crippen LogP contribution in [0.4, 0.5) is 0 Å². The number of fused-ring (bicyclic) bond motifs is 2. The third kappa shape index (κ3) is 2.33. The molecule has 8 heteroatoms. The molecule has 1 aromatic carbocycles. The van der Waals surface area contributed by atoms with E-state index >= 15 is 0 Å². The number of nitrogens with one attached hydrogen (secondary N) is 1. The van der Waals surface area contributed by atoms with Crippen LogP contribution < -0.4 is 0 Å². The SMILES string of the molecule is Cc1ccc2nc([C@@H]3c4nc[nH]c4CCN3C(=O)c3cnco3)sc2c1. The molecular weight excluding hydrogens is 350 g/mol. The molecule has 0 unspecified atom stereocenters. The van der Waals surface area contributed by atoms with Gasteiger partial charge in [-0.1, -0.05) is 6.07 Å². The van der Waals surface area contributed by atoms with Crippen LogP contribution in [-0.2, 0) is 6.42 Å². The summed E-state index contributed by atoms with van der Waals surface area (Å²) < 4.78 is 6.34. The van der Waals surface area contributed by atoms with Crippen LogP contribution in [0.25, 0.3) is 10.2 Å². The van der Waals surface area contributed by atoms with E-state index in [0.717, 1.165) is 33.0 Å². The number of carbonyl (C=O) groups excluding carboxylic acids is 1. The minimum Gasteiger partial charge on any atom is -0.438 e. The number of benzene rings is 1. The first-order chi connectivity index (χ1) is 12.7. The van der Waals surface area contributed by atoms with E-state index in [0.29, 0.717) is 6.54 Å². The number of rotatable bonds is 2. The largest absolute Gasteiger partial charge is 0.438 e. The second kappa shape index (κ2) is 5.77. The summed E-state index contributed by atoms with van der Waals surface area (Å²) in [5.41, 5.74) is 4.02. The molecule has 1 atom stereocenters. The van der Waals surface area contributed by atoms with Crippen LogP contribution in [0.5, 0.6) is 0 Å². The van der Waals surface area contributed by atoms with E-state index in [-0.39, 0.29) is 17.7 Å². The van der Waals surface area contributed by atoms with Gasteiger partial charge in [-0.05, 0) is 24.6 Å². The average Bonchev–Trinajstić information content (AvgIpc) is 3.38. The van der Waals surface area contributed by atoms with E-state index in [1.54, 1.807) is 22.6 Å². The molecule has 3 aromatic heterocycles. The number of amides is 1. The Hall–Kier alpha value is -3.00. The van der Waals surface area contributed by atoms with Gasteiger partial charge in [-0.2, -0.15) is 0 Å². The number of aryl methyl sites for hydroxylation is 1. The summed E-state index contributed by atoms with van der Waals surface area (Å²) in [5, 5.41) is 0.853. The second-order valence-corrected chi connectivity index (χ2v) is 7.37. The highest BCUT2D eigenvalue weighted by Gasteiger charge is 2.37. The molecule has 1 aliphatic rings. The molecule has 1 aliphatic heterocycles. The normalized spacial score (nSPS) is 16.8. The molecule has 0 bridgehead atoms.